The van der Waals surface area contributed by atoms with Gasteiger partial charge in [0.15, 0.2) is 0 Å². The van der Waals surface area contributed by atoms with Crippen LogP contribution in [0.3, 0.4) is 0 Å². The molecule has 0 bridgehead atoms. The lowest BCUT2D eigenvalue weighted by molar-refractivity contribution is 0.0954. The van der Waals surface area contributed by atoms with Gasteiger partial charge < -0.3 is 15.5 Å². The van der Waals surface area contributed by atoms with Gasteiger partial charge in [0, 0.05) is 37.9 Å². The van der Waals surface area contributed by atoms with E-state index in [1.165, 1.54) is 5.56 Å². The summed E-state index contributed by atoms with van der Waals surface area (Å²) < 4.78 is 0. The molecule has 5 heteroatoms. The van der Waals surface area contributed by atoms with Crippen LogP contribution in [-0.4, -0.2) is 55.1 Å². The van der Waals surface area contributed by atoms with Crippen molar-refractivity contribution in [2.24, 2.45) is 0 Å². The van der Waals surface area contributed by atoms with Gasteiger partial charge in [-0.2, -0.15) is 0 Å². The van der Waals surface area contributed by atoms with Crippen LogP contribution in [0.5, 0.6) is 0 Å². The summed E-state index contributed by atoms with van der Waals surface area (Å²) in [6.07, 6.45) is 0. The average Bonchev–Trinajstić information content (AvgIpc) is 2.64. The zero-order valence-electron chi connectivity index (χ0n) is 16.5. The zero-order chi connectivity index (χ0) is 19.2. The Morgan fingerprint density at radius 1 is 1.00 bits per heavy atom. The third-order valence-corrected chi connectivity index (χ3v) is 5.18. The number of likely N-dealkylation sites (N-methyl/N-ethyl adjacent to an activating group) is 1. The second kappa shape index (κ2) is 9.02. The van der Waals surface area contributed by atoms with Crippen LogP contribution in [0.25, 0.3) is 0 Å². The lowest BCUT2D eigenvalue weighted by Gasteiger charge is -2.41. The zero-order valence-corrected chi connectivity index (χ0v) is 16.5. The average molecular weight is 367 g/mol. The number of nitrogens with zero attached hydrogens (tertiary/aromatic N) is 2. The van der Waals surface area contributed by atoms with Crippen molar-refractivity contribution in [2.75, 3.05) is 38.5 Å². The standard InChI is InChI=1S/C22H30N4O/c1-17-8-7-11-20(16-17)24-22(27)23-18(2)21(19-9-5-4-6-10-19)26-14-12-25(3)13-15-26/h4-11,16,18,21H,12-15H2,1-3H3,(H2,23,24,27)/t18-,21+/m1/s1. The largest absolute Gasteiger partial charge is 0.333 e. The molecule has 1 heterocycles. The van der Waals surface area contributed by atoms with E-state index in [0.717, 1.165) is 37.4 Å². The fourth-order valence-corrected chi connectivity index (χ4v) is 3.74. The van der Waals surface area contributed by atoms with Crippen LogP contribution >= 0.6 is 0 Å². The van der Waals surface area contributed by atoms with Crippen molar-refractivity contribution < 1.29 is 4.79 Å². The molecular weight excluding hydrogens is 336 g/mol. The van der Waals surface area contributed by atoms with Gasteiger partial charge in [-0.15, -0.1) is 0 Å². The first-order chi connectivity index (χ1) is 13.0. The number of nitrogens with one attached hydrogen (secondary N) is 2. The Balaban J connectivity index is 1.70. The van der Waals surface area contributed by atoms with Crippen molar-refractivity contribution in [3.8, 4) is 0 Å². The highest BCUT2D eigenvalue weighted by atomic mass is 16.2. The number of benzene rings is 2. The molecule has 144 valence electrons. The molecule has 0 spiro atoms. The summed E-state index contributed by atoms with van der Waals surface area (Å²) >= 11 is 0. The number of piperazine rings is 1. The smallest absolute Gasteiger partial charge is 0.319 e. The second-order valence-corrected chi connectivity index (χ2v) is 7.45. The molecule has 0 saturated carbocycles. The molecule has 3 rings (SSSR count). The molecule has 1 fully saturated rings. The van der Waals surface area contributed by atoms with Gasteiger partial charge in [-0.25, -0.2) is 4.79 Å². The molecule has 0 unspecified atom stereocenters. The molecule has 5 nitrogen and oxygen atoms in total. The molecule has 1 aliphatic rings. The summed E-state index contributed by atoms with van der Waals surface area (Å²) in [5.74, 6) is 0. The highest BCUT2D eigenvalue weighted by Crippen LogP contribution is 2.25. The Morgan fingerprint density at radius 2 is 1.70 bits per heavy atom. The topological polar surface area (TPSA) is 47.6 Å². The molecule has 2 aromatic carbocycles. The first-order valence-corrected chi connectivity index (χ1v) is 9.64. The van der Waals surface area contributed by atoms with Gasteiger partial charge in [-0.1, -0.05) is 42.5 Å². The number of carbonyl (C=O) groups excluding carboxylic acids is 1. The number of rotatable bonds is 5. The molecule has 2 N–H and O–H groups in total. The third-order valence-electron chi connectivity index (χ3n) is 5.18. The van der Waals surface area contributed by atoms with Crippen LogP contribution in [0.1, 0.15) is 24.1 Å². The number of aryl methyl sites for hydroxylation is 1. The van der Waals surface area contributed by atoms with Crippen LogP contribution in [0.4, 0.5) is 10.5 Å². The fourth-order valence-electron chi connectivity index (χ4n) is 3.74. The molecule has 1 saturated heterocycles. The van der Waals surface area contributed by atoms with Gasteiger partial charge in [-0.3, -0.25) is 4.90 Å². The number of amides is 2. The van der Waals surface area contributed by atoms with Gasteiger partial charge in [0.1, 0.15) is 0 Å². The number of hydrogen-bond acceptors (Lipinski definition) is 3. The monoisotopic (exact) mass is 366 g/mol. The van der Waals surface area contributed by atoms with Crippen LogP contribution in [0.15, 0.2) is 54.6 Å². The van der Waals surface area contributed by atoms with Gasteiger partial charge in [0.2, 0.25) is 0 Å². The highest BCUT2D eigenvalue weighted by Gasteiger charge is 2.29. The Kier molecular flexibility index (Phi) is 6.48. The third kappa shape index (κ3) is 5.31. The van der Waals surface area contributed by atoms with E-state index >= 15 is 0 Å². The summed E-state index contributed by atoms with van der Waals surface area (Å²) in [6, 6.07) is 18.3. The van der Waals surface area contributed by atoms with Crippen molar-refractivity contribution in [2.45, 2.75) is 25.9 Å². The number of hydrogen-bond donors (Lipinski definition) is 2. The lowest BCUT2D eigenvalue weighted by atomic mass is 9.98. The van der Waals surface area contributed by atoms with E-state index in [1.807, 2.05) is 37.3 Å². The second-order valence-electron chi connectivity index (χ2n) is 7.45. The predicted octanol–water partition coefficient (Wildman–Crippen LogP) is 3.49. The minimum absolute atomic E-state index is 0.0133. The van der Waals surface area contributed by atoms with Crippen molar-refractivity contribution in [1.29, 1.82) is 0 Å². The molecule has 1 aliphatic heterocycles. The summed E-state index contributed by atoms with van der Waals surface area (Å²) in [6.45, 7) is 8.20. The number of urea groups is 1. The van der Waals surface area contributed by atoms with E-state index in [2.05, 4.69) is 58.7 Å². The quantitative estimate of drug-likeness (QED) is 0.851. The van der Waals surface area contributed by atoms with E-state index in [9.17, 15) is 4.79 Å². The summed E-state index contributed by atoms with van der Waals surface area (Å²) in [5, 5.41) is 6.10. The van der Waals surface area contributed by atoms with E-state index in [0.29, 0.717) is 0 Å². The van der Waals surface area contributed by atoms with Crippen LogP contribution in [0, 0.1) is 6.92 Å². The molecule has 0 aromatic heterocycles. The highest BCUT2D eigenvalue weighted by molar-refractivity contribution is 5.89. The van der Waals surface area contributed by atoms with Crippen LogP contribution in [0.2, 0.25) is 0 Å². The minimum atomic E-state index is -0.164. The van der Waals surface area contributed by atoms with Crippen molar-refractivity contribution >= 4 is 11.7 Å². The van der Waals surface area contributed by atoms with E-state index < -0.39 is 0 Å². The molecule has 2 atom stereocenters. The van der Waals surface area contributed by atoms with Crippen molar-refractivity contribution in [1.82, 2.24) is 15.1 Å². The normalized spacial score (nSPS) is 17.9. The summed E-state index contributed by atoms with van der Waals surface area (Å²) in [5.41, 5.74) is 3.18. The molecule has 0 radical (unpaired) electrons. The molecule has 2 amide bonds. The number of carbonyl (C=O) groups is 1. The molecular formula is C22H30N4O. The predicted molar refractivity (Wildman–Crippen MR) is 111 cm³/mol. The molecule has 27 heavy (non-hydrogen) atoms. The molecule has 2 aromatic rings. The van der Waals surface area contributed by atoms with Gasteiger partial charge in [-0.05, 0) is 44.2 Å². The van der Waals surface area contributed by atoms with Gasteiger partial charge in [0.05, 0.1) is 6.04 Å². The van der Waals surface area contributed by atoms with Gasteiger partial charge >= 0.3 is 6.03 Å². The Bertz CT molecular complexity index is 741. The Hall–Kier alpha value is -2.37. The lowest BCUT2D eigenvalue weighted by Crippen LogP contribution is -2.52. The van der Waals surface area contributed by atoms with Crippen LogP contribution < -0.4 is 10.6 Å². The molecule has 0 aliphatic carbocycles. The fraction of sp³-hybridized carbons (Fsp3) is 0.409. The Morgan fingerprint density at radius 3 is 2.37 bits per heavy atom. The number of anilines is 1. The Labute approximate surface area is 162 Å². The van der Waals surface area contributed by atoms with Crippen LogP contribution in [-0.2, 0) is 0 Å². The maximum atomic E-state index is 12.6. The first kappa shape index (κ1) is 19.4. The SMILES string of the molecule is Cc1cccc(NC(=O)N[C@H](C)[C@@H](c2ccccc2)N2CCN(C)CC2)c1. The first-order valence-electron chi connectivity index (χ1n) is 9.64. The van der Waals surface area contributed by atoms with Crippen molar-refractivity contribution in [3.05, 3.63) is 65.7 Å². The summed E-state index contributed by atoms with van der Waals surface area (Å²) in [7, 11) is 2.16. The van der Waals surface area contributed by atoms with Crippen molar-refractivity contribution in [3.63, 3.8) is 0 Å². The van der Waals surface area contributed by atoms with E-state index in [1.54, 1.807) is 0 Å². The van der Waals surface area contributed by atoms with E-state index in [-0.39, 0.29) is 18.1 Å². The summed E-state index contributed by atoms with van der Waals surface area (Å²) in [4.78, 5) is 17.4. The minimum Gasteiger partial charge on any atom is -0.333 e. The maximum Gasteiger partial charge on any atom is 0.319 e. The maximum absolute atomic E-state index is 12.6. The van der Waals surface area contributed by atoms with E-state index in [4.69, 9.17) is 0 Å². The van der Waals surface area contributed by atoms with Gasteiger partial charge in [0.25, 0.3) is 0 Å².